The van der Waals surface area contributed by atoms with Gasteiger partial charge in [0.25, 0.3) is 0 Å². The Morgan fingerprint density at radius 3 is 2.95 bits per heavy atom. The SMILES string of the molecule is C#CCN1CCC(NCc2cccc3c2OCO3)CC1. The van der Waals surface area contributed by atoms with Gasteiger partial charge in [-0.1, -0.05) is 18.1 Å². The van der Waals surface area contributed by atoms with Crippen LogP contribution in [0.1, 0.15) is 18.4 Å². The van der Waals surface area contributed by atoms with Crippen molar-refractivity contribution in [3.63, 3.8) is 0 Å². The molecule has 1 fully saturated rings. The number of rotatable bonds is 4. The van der Waals surface area contributed by atoms with Crippen molar-refractivity contribution in [2.24, 2.45) is 0 Å². The van der Waals surface area contributed by atoms with Crippen molar-refractivity contribution in [1.29, 1.82) is 0 Å². The van der Waals surface area contributed by atoms with Crippen LogP contribution < -0.4 is 14.8 Å². The molecule has 2 aliphatic rings. The Morgan fingerprint density at radius 1 is 1.30 bits per heavy atom. The van der Waals surface area contributed by atoms with Crippen LogP contribution in [0.3, 0.4) is 0 Å². The number of benzene rings is 1. The Bertz CT molecular complexity index is 502. The van der Waals surface area contributed by atoms with E-state index >= 15 is 0 Å². The molecule has 4 heteroatoms. The first kappa shape index (κ1) is 13.3. The van der Waals surface area contributed by atoms with Crippen LogP contribution in [0.4, 0.5) is 0 Å². The Balaban J connectivity index is 1.51. The van der Waals surface area contributed by atoms with E-state index in [1.807, 2.05) is 12.1 Å². The molecule has 0 spiro atoms. The van der Waals surface area contributed by atoms with Crippen LogP contribution >= 0.6 is 0 Å². The Hall–Kier alpha value is -1.70. The van der Waals surface area contributed by atoms with E-state index in [1.165, 1.54) is 5.56 Å². The van der Waals surface area contributed by atoms with E-state index in [9.17, 15) is 0 Å². The lowest BCUT2D eigenvalue weighted by molar-refractivity contribution is 0.173. The summed E-state index contributed by atoms with van der Waals surface area (Å²) in [4.78, 5) is 2.33. The van der Waals surface area contributed by atoms with Gasteiger partial charge in [-0.15, -0.1) is 6.42 Å². The molecule has 3 rings (SSSR count). The molecule has 1 aromatic rings. The van der Waals surface area contributed by atoms with Gasteiger partial charge in [0, 0.05) is 31.2 Å². The van der Waals surface area contributed by atoms with Crippen molar-refractivity contribution in [1.82, 2.24) is 10.2 Å². The van der Waals surface area contributed by atoms with Crippen molar-refractivity contribution < 1.29 is 9.47 Å². The predicted molar refractivity (Wildman–Crippen MR) is 77.7 cm³/mol. The number of terminal acetylenes is 1. The van der Waals surface area contributed by atoms with Crippen LogP contribution in [0, 0.1) is 12.3 Å². The predicted octanol–water partition coefficient (Wildman–Crippen LogP) is 1.60. The maximum atomic E-state index is 5.53. The molecule has 4 nitrogen and oxygen atoms in total. The standard InChI is InChI=1S/C16H20N2O2/c1-2-8-18-9-6-14(7-10-18)17-11-13-4-3-5-15-16(13)20-12-19-15/h1,3-5,14,17H,6-12H2. The molecule has 0 aliphatic carbocycles. The molecule has 0 aromatic heterocycles. The van der Waals surface area contributed by atoms with Crippen molar-refractivity contribution in [2.45, 2.75) is 25.4 Å². The summed E-state index contributed by atoms with van der Waals surface area (Å²) in [5.41, 5.74) is 1.17. The monoisotopic (exact) mass is 272 g/mol. The lowest BCUT2D eigenvalue weighted by Crippen LogP contribution is -2.42. The van der Waals surface area contributed by atoms with Crippen molar-refractivity contribution in [2.75, 3.05) is 26.4 Å². The molecular formula is C16H20N2O2. The van der Waals surface area contributed by atoms with E-state index in [-0.39, 0.29) is 0 Å². The van der Waals surface area contributed by atoms with Crippen LogP contribution in [0.15, 0.2) is 18.2 Å². The molecule has 1 aromatic carbocycles. The van der Waals surface area contributed by atoms with Crippen LogP contribution in [0.5, 0.6) is 11.5 Å². The number of ether oxygens (including phenoxy) is 2. The van der Waals surface area contributed by atoms with E-state index < -0.39 is 0 Å². The highest BCUT2D eigenvalue weighted by molar-refractivity contribution is 5.48. The summed E-state index contributed by atoms with van der Waals surface area (Å²) < 4.78 is 10.9. The van der Waals surface area contributed by atoms with Gasteiger partial charge < -0.3 is 14.8 Å². The molecule has 0 amide bonds. The van der Waals surface area contributed by atoms with Gasteiger partial charge in [0.1, 0.15) is 0 Å². The normalized spacial score (nSPS) is 18.9. The molecule has 1 saturated heterocycles. The molecule has 0 saturated carbocycles. The summed E-state index contributed by atoms with van der Waals surface area (Å²) in [6.45, 7) is 4.08. The first-order chi connectivity index (χ1) is 9.86. The summed E-state index contributed by atoms with van der Waals surface area (Å²) in [6.07, 6.45) is 7.64. The molecule has 1 N–H and O–H groups in total. The van der Waals surface area contributed by atoms with Crippen LogP contribution in [-0.4, -0.2) is 37.4 Å². The molecule has 0 atom stereocenters. The second kappa shape index (κ2) is 6.17. The number of nitrogens with zero attached hydrogens (tertiary/aromatic N) is 1. The number of likely N-dealkylation sites (tertiary alicyclic amines) is 1. The zero-order valence-corrected chi connectivity index (χ0v) is 11.6. The van der Waals surface area contributed by atoms with Gasteiger partial charge in [-0.3, -0.25) is 4.90 Å². The van der Waals surface area contributed by atoms with E-state index in [4.69, 9.17) is 15.9 Å². The number of para-hydroxylation sites is 1. The first-order valence-corrected chi connectivity index (χ1v) is 7.13. The molecule has 0 unspecified atom stereocenters. The maximum Gasteiger partial charge on any atom is 0.231 e. The smallest absolute Gasteiger partial charge is 0.231 e. The first-order valence-electron chi connectivity index (χ1n) is 7.13. The van der Waals surface area contributed by atoms with Crippen molar-refractivity contribution in [3.05, 3.63) is 23.8 Å². The Morgan fingerprint density at radius 2 is 2.15 bits per heavy atom. The summed E-state index contributed by atoms with van der Waals surface area (Å²) in [6, 6.07) is 6.61. The fraction of sp³-hybridized carbons (Fsp3) is 0.500. The zero-order valence-electron chi connectivity index (χ0n) is 11.6. The lowest BCUT2D eigenvalue weighted by Gasteiger charge is -2.31. The summed E-state index contributed by atoms with van der Waals surface area (Å²) in [5, 5.41) is 3.62. The molecular weight excluding hydrogens is 252 g/mol. The summed E-state index contributed by atoms with van der Waals surface area (Å²) in [7, 11) is 0. The highest BCUT2D eigenvalue weighted by atomic mass is 16.7. The topological polar surface area (TPSA) is 33.7 Å². The van der Waals surface area contributed by atoms with Gasteiger partial charge in [-0.2, -0.15) is 0 Å². The number of hydrogen-bond donors (Lipinski definition) is 1. The second-order valence-corrected chi connectivity index (χ2v) is 5.29. The van der Waals surface area contributed by atoms with Crippen molar-refractivity contribution >= 4 is 0 Å². The minimum atomic E-state index is 0.330. The molecule has 2 aliphatic heterocycles. The van der Waals surface area contributed by atoms with Gasteiger partial charge in [-0.05, 0) is 18.9 Å². The fourth-order valence-electron chi connectivity index (χ4n) is 2.81. The van der Waals surface area contributed by atoms with Gasteiger partial charge in [0.15, 0.2) is 11.5 Å². The number of hydrogen-bond acceptors (Lipinski definition) is 4. The Kier molecular flexibility index (Phi) is 4.10. The lowest BCUT2D eigenvalue weighted by atomic mass is 10.0. The van der Waals surface area contributed by atoms with Crippen LogP contribution in [0.25, 0.3) is 0 Å². The average Bonchev–Trinajstić information content (AvgIpc) is 2.96. The third-order valence-electron chi connectivity index (χ3n) is 3.96. The van der Waals surface area contributed by atoms with Gasteiger partial charge in [0.05, 0.1) is 6.54 Å². The van der Waals surface area contributed by atoms with Crippen LogP contribution in [-0.2, 0) is 6.54 Å². The second-order valence-electron chi connectivity index (χ2n) is 5.29. The number of fused-ring (bicyclic) bond motifs is 1. The maximum absolute atomic E-state index is 5.53. The quantitative estimate of drug-likeness (QED) is 0.844. The minimum Gasteiger partial charge on any atom is -0.454 e. The fourth-order valence-corrected chi connectivity index (χ4v) is 2.81. The van der Waals surface area contributed by atoms with Gasteiger partial charge in [0.2, 0.25) is 6.79 Å². The van der Waals surface area contributed by atoms with E-state index in [2.05, 4.69) is 22.2 Å². The Labute approximate surface area is 120 Å². The molecule has 20 heavy (non-hydrogen) atoms. The number of nitrogens with one attached hydrogen (secondary N) is 1. The highest BCUT2D eigenvalue weighted by Gasteiger charge is 2.20. The third-order valence-corrected chi connectivity index (χ3v) is 3.96. The molecule has 2 heterocycles. The molecule has 0 radical (unpaired) electrons. The van der Waals surface area contributed by atoms with Crippen LogP contribution in [0.2, 0.25) is 0 Å². The minimum absolute atomic E-state index is 0.330. The van der Waals surface area contributed by atoms with Gasteiger partial charge >= 0.3 is 0 Å². The van der Waals surface area contributed by atoms with Crippen molar-refractivity contribution in [3.8, 4) is 23.8 Å². The molecule has 0 bridgehead atoms. The summed E-state index contributed by atoms with van der Waals surface area (Å²) >= 11 is 0. The third kappa shape index (κ3) is 2.90. The summed E-state index contributed by atoms with van der Waals surface area (Å²) in [5.74, 6) is 4.46. The highest BCUT2D eigenvalue weighted by Crippen LogP contribution is 2.35. The molecule has 106 valence electrons. The van der Waals surface area contributed by atoms with E-state index in [0.717, 1.165) is 50.5 Å². The average molecular weight is 272 g/mol. The number of piperidine rings is 1. The van der Waals surface area contributed by atoms with Gasteiger partial charge in [-0.25, -0.2) is 0 Å². The largest absolute Gasteiger partial charge is 0.454 e. The van der Waals surface area contributed by atoms with E-state index in [0.29, 0.717) is 12.8 Å². The van der Waals surface area contributed by atoms with E-state index in [1.54, 1.807) is 0 Å². The zero-order chi connectivity index (χ0) is 13.8.